The number of carbonyl (C=O) groups is 1. The quantitative estimate of drug-likeness (QED) is 0.893. The molecule has 2 N–H and O–H groups in total. The Morgan fingerprint density at radius 1 is 0.960 bits per heavy atom. The standard InChI is InChI=1S/C18H18N2O5/c1-11(13-3-5-15-17(7-13)25-10-23-15)20-18(21)19-8-12-2-4-14-16(6-12)24-9-22-14/h2-7,11H,8-10H2,1H3,(H2,19,20,21). The largest absolute Gasteiger partial charge is 0.454 e. The highest BCUT2D eigenvalue weighted by atomic mass is 16.7. The molecule has 0 aliphatic carbocycles. The molecular formula is C18H18N2O5. The van der Waals surface area contributed by atoms with Crippen LogP contribution in [0.3, 0.4) is 0 Å². The molecule has 1 unspecified atom stereocenters. The number of urea groups is 1. The first kappa shape index (κ1) is 15.4. The predicted octanol–water partition coefficient (Wildman–Crippen LogP) is 2.70. The maximum atomic E-state index is 12.1. The first-order chi connectivity index (χ1) is 12.2. The zero-order chi connectivity index (χ0) is 17.2. The summed E-state index contributed by atoms with van der Waals surface area (Å²) in [5.41, 5.74) is 1.89. The summed E-state index contributed by atoms with van der Waals surface area (Å²) < 4.78 is 21.3. The maximum Gasteiger partial charge on any atom is 0.315 e. The summed E-state index contributed by atoms with van der Waals surface area (Å²) in [5, 5.41) is 5.75. The molecule has 0 saturated carbocycles. The maximum absolute atomic E-state index is 12.1. The van der Waals surface area contributed by atoms with Crippen molar-refractivity contribution in [3.05, 3.63) is 47.5 Å². The molecule has 25 heavy (non-hydrogen) atoms. The molecule has 7 nitrogen and oxygen atoms in total. The smallest absolute Gasteiger partial charge is 0.315 e. The van der Waals surface area contributed by atoms with Crippen LogP contribution in [-0.2, 0) is 6.54 Å². The number of hydrogen-bond acceptors (Lipinski definition) is 5. The second kappa shape index (κ2) is 6.43. The number of hydrogen-bond donors (Lipinski definition) is 2. The molecule has 0 radical (unpaired) electrons. The van der Waals surface area contributed by atoms with Crippen molar-refractivity contribution in [2.24, 2.45) is 0 Å². The molecule has 4 rings (SSSR count). The lowest BCUT2D eigenvalue weighted by Crippen LogP contribution is -2.36. The number of amides is 2. The van der Waals surface area contributed by atoms with Crippen LogP contribution in [0.4, 0.5) is 4.79 Å². The van der Waals surface area contributed by atoms with E-state index in [2.05, 4.69) is 10.6 Å². The molecule has 2 aliphatic heterocycles. The summed E-state index contributed by atoms with van der Waals surface area (Å²) in [6.45, 7) is 2.78. The van der Waals surface area contributed by atoms with Crippen LogP contribution in [0.1, 0.15) is 24.1 Å². The SMILES string of the molecule is CC(NC(=O)NCc1ccc2c(c1)OCO2)c1ccc2c(c1)OCO2. The number of carbonyl (C=O) groups excluding carboxylic acids is 1. The number of nitrogens with one attached hydrogen (secondary N) is 2. The van der Waals surface area contributed by atoms with Crippen molar-refractivity contribution < 1.29 is 23.7 Å². The van der Waals surface area contributed by atoms with Gasteiger partial charge in [0.25, 0.3) is 0 Å². The van der Waals surface area contributed by atoms with Gasteiger partial charge in [-0.05, 0) is 42.3 Å². The molecule has 2 amide bonds. The molecule has 2 aromatic carbocycles. The van der Waals surface area contributed by atoms with E-state index in [0.29, 0.717) is 18.0 Å². The second-order valence-corrected chi connectivity index (χ2v) is 5.85. The van der Waals surface area contributed by atoms with Crippen LogP contribution < -0.4 is 29.6 Å². The first-order valence-electron chi connectivity index (χ1n) is 8.01. The number of ether oxygens (including phenoxy) is 4. The van der Waals surface area contributed by atoms with Gasteiger partial charge in [-0.1, -0.05) is 12.1 Å². The van der Waals surface area contributed by atoms with Crippen LogP contribution in [0.15, 0.2) is 36.4 Å². The molecule has 2 aromatic rings. The van der Waals surface area contributed by atoms with Crippen LogP contribution in [0.5, 0.6) is 23.0 Å². The van der Waals surface area contributed by atoms with Gasteiger partial charge >= 0.3 is 6.03 Å². The van der Waals surface area contributed by atoms with Gasteiger partial charge in [-0.2, -0.15) is 0 Å². The molecule has 130 valence electrons. The highest BCUT2D eigenvalue weighted by molar-refractivity contribution is 5.74. The Bertz CT molecular complexity index is 808. The number of rotatable bonds is 4. The lowest BCUT2D eigenvalue weighted by atomic mass is 10.1. The van der Waals surface area contributed by atoms with Gasteiger partial charge in [0.15, 0.2) is 23.0 Å². The summed E-state index contributed by atoms with van der Waals surface area (Å²) in [6.07, 6.45) is 0. The Balaban J connectivity index is 1.32. The number of benzene rings is 2. The Morgan fingerprint density at radius 2 is 1.60 bits per heavy atom. The normalized spacial score (nSPS) is 14.9. The minimum absolute atomic E-state index is 0.161. The van der Waals surface area contributed by atoms with E-state index in [-0.39, 0.29) is 25.7 Å². The van der Waals surface area contributed by atoms with E-state index in [0.717, 1.165) is 22.6 Å². The van der Waals surface area contributed by atoms with Gasteiger partial charge in [0.2, 0.25) is 13.6 Å². The Kier molecular flexibility index (Phi) is 3.97. The zero-order valence-electron chi connectivity index (χ0n) is 13.7. The van der Waals surface area contributed by atoms with E-state index < -0.39 is 0 Å². The highest BCUT2D eigenvalue weighted by Crippen LogP contribution is 2.34. The van der Waals surface area contributed by atoms with Crippen LogP contribution in [0, 0.1) is 0 Å². The van der Waals surface area contributed by atoms with Gasteiger partial charge in [0.1, 0.15) is 0 Å². The zero-order valence-corrected chi connectivity index (χ0v) is 13.7. The van der Waals surface area contributed by atoms with Crippen molar-refractivity contribution >= 4 is 6.03 Å². The summed E-state index contributed by atoms with van der Waals surface area (Å²) in [4.78, 5) is 12.1. The fraction of sp³-hybridized carbons (Fsp3) is 0.278. The van der Waals surface area contributed by atoms with Gasteiger partial charge in [-0.3, -0.25) is 0 Å². The van der Waals surface area contributed by atoms with E-state index in [1.54, 1.807) is 0 Å². The van der Waals surface area contributed by atoms with Crippen molar-refractivity contribution in [2.75, 3.05) is 13.6 Å². The third kappa shape index (κ3) is 3.26. The summed E-state index contributed by atoms with van der Waals surface area (Å²) in [5.74, 6) is 2.85. The lowest BCUT2D eigenvalue weighted by Gasteiger charge is -2.15. The monoisotopic (exact) mass is 342 g/mol. The fourth-order valence-electron chi connectivity index (χ4n) is 2.75. The van der Waals surface area contributed by atoms with Gasteiger partial charge in [-0.15, -0.1) is 0 Å². The third-order valence-corrected chi connectivity index (χ3v) is 4.13. The van der Waals surface area contributed by atoms with Crippen molar-refractivity contribution in [3.63, 3.8) is 0 Å². The fourth-order valence-corrected chi connectivity index (χ4v) is 2.75. The molecule has 0 bridgehead atoms. The molecule has 0 spiro atoms. The van der Waals surface area contributed by atoms with Crippen molar-refractivity contribution in [2.45, 2.75) is 19.5 Å². The minimum atomic E-state index is -0.247. The topological polar surface area (TPSA) is 78.1 Å². The van der Waals surface area contributed by atoms with Crippen molar-refractivity contribution in [3.8, 4) is 23.0 Å². The lowest BCUT2D eigenvalue weighted by molar-refractivity contribution is 0.173. The second-order valence-electron chi connectivity index (χ2n) is 5.85. The molecule has 0 aromatic heterocycles. The van der Waals surface area contributed by atoms with Crippen LogP contribution in [0.2, 0.25) is 0 Å². The summed E-state index contributed by atoms with van der Waals surface area (Å²) in [6, 6.07) is 10.8. The Hall–Kier alpha value is -3.09. The Morgan fingerprint density at radius 3 is 2.36 bits per heavy atom. The van der Waals surface area contributed by atoms with Crippen LogP contribution in [0.25, 0.3) is 0 Å². The van der Waals surface area contributed by atoms with Crippen LogP contribution in [-0.4, -0.2) is 19.6 Å². The summed E-state index contributed by atoms with van der Waals surface area (Å²) in [7, 11) is 0. The van der Waals surface area contributed by atoms with Gasteiger partial charge < -0.3 is 29.6 Å². The van der Waals surface area contributed by atoms with Crippen molar-refractivity contribution in [1.29, 1.82) is 0 Å². The van der Waals surface area contributed by atoms with Gasteiger partial charge in [-0.25, -0.2) is 4.79 Å². The molecule has 0 fully saturated rings. The molecule has 7 heteroatoms. The van der Waals surface area contributed by atoms with E-state index >= 15 is 0 Å². The van der Waals surface area contributed by atoms with E-state index in [1.165, 1.54) is 0 Å². The first-order valence-corrected chi connectivity index (χ1v) is 8.01. The van der Waals surface area contributed by atoms with E-state index in [1.807, 2.05) is 43.3 Å². The van der Waals surface area contributed by atoms with Crippen molar-refractivity contribution in [1.82, 2.24) is 10.6 Å². The van der Waals surface area contributed by atoms with E-state index in [9.17, 15) is 4.79 Å². The van der Waals surface area contributed by atoms with Crippen LogP contribution >= 0.6 is 0 Å². The summed E-state index contributed by atoms with van der Waals surface area (Å²) >= 11 is 0. The average Bonchev–Trinajstić information content (AvgIpc) is 3.27. The predicted molar refractivity (Wildman–Crippen MR) is 88.9 cm³/mol. The molecule has 0 saturated heterocycles. The minimum Gasteiger partial charge on any atom is -0.454 e. The number of fused-ring (bicyclic) bond motifs is 2. The Labute approximate surface area is 144 Å². The van der Waals surface area contributed by atoms with Gasteiger partial charge in [0.05, 0.1) is 6.04 Å². The van der Waals surface area contributed by atoms with E-state index in [4.69, 9.17) is 18.9 Å². The highest BCUT2D eigenvalue weighted by Gasteiger charge is 2.17. The molecule has 2 aliphatic rings. The molecule has 1 atom stereocenters. The molecule has 2 heterocycles. The third-order valence-electron chi connectivity index (χ3n) is 4.13. The molecular weight excluding hydrogens is 324 g/mol. The average molecular weight is 342 g/mol. The van der Waals surface area contributed by atoms with Gasteiger partial charge in [0, 0.05) is 6.54 Å².